The number of hydrogen-bond donors (Lipinski definition) is 2. The van der Waals surface area contributed by atoms with Crippen LogP contribution >= 0.6 is 12.2 Å². The number of nitro groups is 1. The number of halogens is 1. The highest BCUT2D eigenvalue weighted by Gasteiger charge is 2.19. The van der Waals surface area contributed by atoms with Gasteiger partial charge in [0.15, 0.2) is 16.6 Å². The van der Waals surface area contributed by atoms with E-state index in [9.17, 15) is 14.5 Å². The molecule has 0 bridgehead atoms. The van der Waals surface area contributed by atoms with Crippen molar-refractivity contribution in [2.45, 2.75) is 6.92 Å². The first-order valence-corrected chi connectivity index (χ1v) is 4.34. The highest BCUT2D eigenvalue weighted by molar-refractivity contribution is 7.80. The fourth-order valence-electron chi connectivity index (χ4n) is 1.06. The van der Waals surface area contributed by atoms with Gasteiger partial charge in [0.25, 0.3) is 5.69 Å². The third kappa shape index (κ3) is 2.38. The van der Waals surface area contributed by atoms with Crippen LogP contribution in [0.15, 0.2) is 12.1 Å². The maximum absolute atomic E-state index is 13.5. The first-order chi connectivity index (χ1) is 6.93. The van der Waals surface area contributed by atoms with E-state index >= 15 is 0 Å². The quantitative estimate of drug-likeness (QED) is 0.458. The summed E-state index contributed by atoms with van der Waals surface area (Å²) < 4.78 is 13.5. The van der Waals surface area contributed by atoms with E-state index in [1.54, 1.807) is 0 Å². The van der Waals surface area contributed by atoms with Crippen LogP contribution in [-0.4, -0.2) is 10.0 Å². The van der Waals surface area contributed by atoms with Crippen LogP contribution in [0.5, 0.6) is 0 Å². The molecule has 0 fully saturated rings. The molecule has 3 N–H and O–H groups in total. The fourth-order valence-corrected chi connectivity index (χ4v) is 1.17. The van der Waals surface area contributed by atoms with Crippen molar-refractivity contribution in [3.63, 3.8) is 0 Å². The molecule has 0 amide bonds. The third-order valence-electron chi connectivity index (χ3n) is 1.76. The topological polar surface area (TPSA) is 81.2 Å². The summed E-state index contributed by atoms with van der Waals surface area (Å²) in [7, 11) is 0. The first-order valence-electron chi connectivity index (χ1n) is 3.93. The Morgan fingerprint density at radius 3 is 2.73 bits per heavy atom. The van der Waals surface area contributed by atoms with Gasteiger partial charge in [0.1, 0.15) is 0 Å². The fraction of sp³-hybridized carbons (Fsp3) is 0.125. The van der Waals surface area contributed by atoms with Gasteiger partial charge in [0.05, 0.1) is 4.92 Å². The molecule has 0 radical (unpaired) electrons. The molecule has 0 saturated heterocycles. The average Bonchev–Trinajstić information content (AvgIpc) is 2.12. The summed E-state index contributed by atoms with van der Waals surface area (Å²) in [6.45, 7) is 1.49. The smallest absolute Gasteiger partial charge is 0.295 e. The van der Waals surface area contributed by atoms with E-state index in [-0.39, 0.29) is 16.4 Å². The SMILES string of the molecule is Cc1ccc([N+](=O)[O-])c(NC(N)=S)c1F. The molecule has 15 heavy (non-hydrogen) atoms. The minimum atomic E-state index is -0.725. The van der Waals surface area contributed by atoms with Gasteiger partial charge in [-0.25, -0.2) is 4.39 Å². The number of benzene rings is 1. The molecule has 0 aliphatic carbocycles. The van der Waals surface area contributed by atoms with Crippen LogP contribution in [-0.2, 0) is 0 Å². The minimum Gasteiger partial charge on any atom is -0.376 e. The molecule has 0 aliphatic rings. The Bertz CT molecular complexity index is 436. The molecule has 1 aromatic rings. The van der Waals surface area contributed by atoms with E-state index in [1.807, 2.05) is 0 Å². The van der Waals surface area contributed by atoms with Gasteiger partial charge < -0.3 is 11.1 Å². The Morgan fingerprint density at radius 2 is 2.27 bits per heavy atom. The van der Waals surface area contributed by atoms with Crippen LogP contribution in [0.25, 0.3) is 0 Å². The van der Waals surface area contributed by atoms with Crippen molar-refractivity contribution in [2.75, 3.05) is 5.32 Å². The number of nitrogens with zero attached hydrogens (tertiary/aromatic N) is 1. The highest BCUT2D eigenvalue weighted by atomic mass is 32.1. The lowest BCUT2D eigenvalue weighted by molar-refractivity contribution is -0.384. The maximum atomic E-state index is 13.5. The van der Waals surface area contributed by atoms with Crippen molar-refractivity contribution < 1.29 is 9.31 Å². The number of aryl methyl sites for hydroxylation is 1. The number of nitrogens with one attached hydrogen (secondary N) is 1. The summed E-state index contributed by atoms with van der Waals surface area (Å²) in [4.78, 5) is 9.88. The summed E-state index contributed by atoms with van der Waals surface area (Å²) in [5, 5.41) is 12.6. The van der Waals surface area contributed by atoms with E-state index in [0.717, 1.165) is 0 Å². The maximum Gasteiger partial charge on any atom is 0.295 e. The molecule has 0 atom stereocenters. The zero-order valence-corrected chi connectivity index (χ0v) is 8.60. The van der Waals surface area contributed by atoms with Gasteiger partial charge in [0, 0.05) is 6.07 Å². The van der Waals surface area contributed by atoms with Gasteiger partial charge in [-0.15, -0.1) is 0 Å². The van der Waals surface area contributed by atoms with Crippen molar-refractivity contribution in [1.82, 2.24) is 0 Å². The van der Waals surface area contributed by atoms with Crippen molar-refractivity contribution in [3.8, 4) is 0 Å². The number of nitrogens with two attached hydrogens (primary N) is 1. The number of thiocarbonyl (C=S) groups is 1. The molecule has 1 rings (SSSR count). The molecule has 0 heterocycles. The standard InChI is InChI=1S/C8H8FN3O2S/c1-4-2-3-5(12(13)14)7(6(4)9)11-8(10)15/h2-3H,1H3,(H3,10,11,15). The van der Waals surface area contributed by atoms with Crippen molar-refractivity contribution in [1.29, 1.82) is 0 Å². The predicted molar refractivity (Wildman–Crippen MR) is 58.2 cm³/mol. The van der Waals surface area contributed by atoms with Gasteiger partial charge in [0.2, 0.25) is 0 Å². The largest absolute Gasteiger partial charge is 0.376 e. The summed E-state index contributed by atoms with van der Waals surface area (Å²) in [6, 6.07) is 2.51. The molecule has 0 unspecified atom stereocenters. The second kappa shape index (κ2) is 4.18. The van der Waals surface area contributed by atoms with Crippen LogP contribution in [0, 0.1) is 22.9 Å². The lowest BCUT2D eigenvalue weighted by Crippen LogP contribution is -2.20. The van der Waals surface area contributed by atoms with Crippen LogP contribution in [0.1, 0.15) is 5.56 Å². The molecular formula is C8H8FN3O2S. The van der Waals surface area contributed by atoms with Crippen molar-refractivity contribution in [3.05, 3.63) is 33.6 Å². The zero-order chi connectivity index (χ0) is 11.6. The lowest BCUT2D eigenvalue weighted by Gasteiger charge is -2.07. The molecule has 7 heteroatoms. The number of anilines is 1. The molecule has 0 saturated carbocycles. The van der Waals surface area contributed by atoms with Gasteiger partial charge in [-0.1, -0.05) is 0 Å². The van der Waals surface area contributed by atoms with Gasteiger partial charge in [-0.3, -0.25) is 10.1 Å². The van der Waals surface area contributed by atoms with E-state index in [2.05, 4.69) is 17.5 Å². The third-order valence-corrected chi connectivity index (χ3v) is 1.86. The second-order valence-electron chi connectivity index (χ2n) is 2.84. The molecule has 1 aromatic carbocycles. The summed E-state index contributed by atoms with van der Waals surface area (Å²) in [5.41, 5.74) is 4.72. The Kier molecular flexibility index (Phi) is 3.15. The highest BCUT2D eigenvalue weighted by Crippen LogP contribution is 2.29. The predicted octanol–water partition coefficient (Wildman–Crippen LogP) is 1.70. The van der Waals surface area contributed by atoms with Gasteiger partial charge >= 0.3 is 0 Å². The molecule has 80 valence electrons. The Labute approximate surface area is 90.2 Å². The van der Waals surface area contributed by atoms with Crippen LogP contribution in [0.3, 0.4) is 0 Å². The number of nitro benzene ring substituents is 1. The Balaban J connectivity index is 3.34. The average molecular weight is 229 g/mol. The van der Waals surface area contributed by atoms with E-state index < -0.39 is 16.4 Å². The van der Waals surface area contributed by atoms with Crippen LogP contribution in [0.4, 0.5) is 15.8 Å². The normalized spacial score (nSPS) is 9.73. The van der Waals surface area contributed by atoms with E-state index in [0.29, 0.717) is 0 Å². The number of rotatable bonds is 2. The molecule has 0 aromatic heterocycles. The van der Waals surface area contributed by atoms with Crippen LogP contribution < -0.4 is 11.1 Å². The number of hydrogen-bond acceptors (Lipinski definition) is 3. The zero-order valence-electron chi connectivity index (χ0n) is 7.78. The molecular weight excluding hydrogens is 221 g/mol. The van der Waals surface area contributed by atoms with Crippen LogP contribution in [0.2, 0.25) is 0 Å². The van der Waals surface area contributed by atoms with Gasteiger partial charge in [-0.05, 0) is 30.8 Å². The molecule has 0 aliphatic heterocycles. The lowest BCUT2D eigenvalue weighted by atomic mass is 10.2. The van der Waals surface area contributed by atoms with E-state index in [4.69, 9.17) is 5.73 Å². The summed E-state index contributed by atoms with van der Waals surface area (Å²) >= 11 is 4.50. The van der Waals surface area contributed by atoms with Gasteiger partial charge in [-0.2, -0.15) is 0 Å². The first kappa shape index (κ1) is 11.3. The Morgan fingerprint density at radius 1 is 1.67 bits per heavy atom. The molecule has 5 nitrogen and oxygen atoms in total. The monoisotopic (exact) mass is 229 g/mol. The van der Waals surface area contributed by atoms with E-state index in [1.165, 1.54) is 19.1 Å². The second-order valence-corrected chi connectivity index (χ2v) is 3.28. The van der Waals surface area contributed by atoms with Crippen molar-refractivity contribution >= 4 is 28.7 Å². The summed E-state index contributed by atoms with van der Waals surface area (Å²) in [6.07, 6.45) is 0. The minimum absolute atomic E-state index is 0.220. The molecule has 0 spiro atoms. The Hall–Kier alpha value is -1.76. The summed E-state index contributed by atoms with van der Waals surface area (Å²) in [5.74, 6) is -0.725. The van der Waals surface area contributed by atoms with Crippen molar-refractivity contribution in [2.24, 2.45) is 5.73 Å².